The second kappa shape index (κ2) is 4.53. The van der Waals surface area contributed by atoms with E-state index in [1.807, 2.05) is 16.8 Å². The van der Waals surface area contributed by atoms with Crippen molar-refractivity contribution in [2.24, 2.45) is 0 Å². The molecular formula is C5H7NaOS. The molecule has 1 aromatic rings. The molecule has 1 N–H and O–H groups in total. The minimum absolute atomic E-state index is 0. The molecule has 0 aliphatic heterocycles. The zero-order valence-corrected chi connectivity index (χ0v) is 4.61. The van der Waals surface area contributed by atoms with Crippen LogP contribution in [0.2, 0.25) is 0 Å². The summed E-state index contributed by atoms with van der Waals surface area (Å²) in [4.78, 5) is 0. The summed E-state index contributed by atoms with van der Waals surface area (Å²) in [6.07, 6.45) is 0. The second-order valence-corrected chi connectivity index (χ2v) is 2.07. The summed E-state index contributed by atoms with van der Waals surface area (Å²) in [6.45, 7) is 0.170. The van der Waals surface area contributed by atoms with Gasteiger partial charge in [-0.1, -0.05) is 0 Å². The Morgan fingerprint density at radius 2 is 2.38 bits per heavy atom. The van der Waals surface area contributed by atoms with E-state index in [0.29, 0.717) is 0 Å². The van der Waals surface area contributed by atoms with Crippen molar-refractivity contribution in [3.63, 3.8) is 0 Å². The number of aliphatic hydroxyl groups is 1. The average molecular weight is 138 g/mol. The monoisotopic (exact) mass is 138 g/mol. The van der Waals surface area contributed by atoms with Crippen LogP contribution in [0.1, 0.15) is 5.56 Å². The van der Waals surface area contributed by atoms with Crippen LogP contribution in [0.5, 0.6) is 0 Å². The molecule has 0 fully saturated rings. The number of hydrogen-bond donors (Lipinski definition) is 1. The van der Waals surface area contributed by atoms with E-state index in [9.17, 15) is 0 Å². The first-order valence-corrected chi connectivity index (χ1v) is 2.99. The van der Waals surface area contributed by atoms with E-state index >= 15 is 0 Å². The number of rotatable bonds is 1. The van der Waals surface area contributed by atoms with Gasteiger partial charge in [-0.3, -0.25) is 0 Å². The van der Waals surface area contributed by atoms with Gasteiger partial charge in [-0.15, -0.1) is 0 Å². The van der Waals surface area contributed by atoms with Crippen LogP contribution in [0, 0.1) is 0 Å². The van der Waals surface area contributed by atoms with Crippen molar-refractivity contribution in [1.29, 1.82) is 0 Å². The maximum absolute atomic E-state index is 8.43. The Morgan fingerprint density at radius 3 is 2.62 bits per heavy atom. The van der Waals surface area contributed by atoms with Crippen LogP contribution in [0.4, 0.5) is 0 Å². The molecule has 0 aliphatic rings. The van der Waals surface area contributed by atoms with Gasteiger partial charge in [-0.2, -0.15) is 11.3 Å². The minimum atomic E-state index is 0. The zero-order valence-electron chi connectivity index (χ0n) is 3.79. The molecule has 1 nitrogen and oxygen atoms in total. The SMILES string of the molecule is OCc1ccsc1.[NaH]. The standard InChI is InChI=1S/C5H6OS.Na.H/c6-3-5-1-2-7-4-5;;/h1-2,4,6H,3H2;;. The molecule has 1 heterocycles. The van der Waals surface area contributed by atoms with Gasteiger partial charge >= 0.3 is 29.6 Å². The first-order chi connectivity index (χ1) is 3.43. The molecule has 1 aromatic heterocycles. The van der Waals surface area contributed by atoms with Gasteiger partial charge in [0.25, 0.3) is 0 Å². The molecule has 0 atom stereocenters. The fourth-order valence-electron chi connectivity index (χ4n) is 0.383. The van der Waals surface area contributed by atoms with Crippen LogP contribution in [-0.2, 0) is 6.61 Å². The topological polar surface area (TPSA) is 20.2 Å². The van der Waals surface area contributed by atoms with Gasteiger partial charge in [0.2, 0.25) is 0 Å². The van der Waals surface area contributed by atoms with Crippen LogP contribution in [0.25, 0.3) is 0 Å². The third-order valence-corrected chi connectivity index (χ3v) is 1.49. The van der Waals surface area contributed by atoms with Crippen LogP contribution in [0.15, 0.2) is 16.8 Å². The van der Waals surface area contributed by atoms with Crippen molar-refractivity contribution in [3.05, 3.63) is 22.4 Å². The summed E-state index contributed by atoms with van der Waals surface area (Å²) in [5.41, 5.74) is 1.00. The van der Waals surface area contributed by atoms with Crippen molar-refractivity contribution in [3.8, 4) is 0 Å². The fourth-order valence-corrected chi connectivity index (χ4v) is 1.04. The molecule has 0 aromatic carbocycles. The average Bonchev–Trinajstić information content (AvgIpc) is 2.14. The van der Waals surface area contributed by atoms with E-state index in [2.05, 4.69) is 0 Å². The van der Waals surface area contributed by atoms with Gasteiger partial charge in [0.05, 0.1) is 6.61 Å². The molecule has 8 heavy (non-hydrogen) atoms. The first-order valence-electron chi connectivity index (χ1n) is 2.05. The van der Waals surface area contributed by atoms with Crippen molar-refractivity contribution in [2.75, 3.05) is 0 Å². The summed E-state index contributed by atoms with van der Waals surface area (Å²) in [5.74, 6) is 0. The summed E-state index contributed by atoms with van der Waals surface area (Å²) in [5, 5.41) is 12.3. The molecule has 1 rings (SSSR count). The second-order valence-electron chi connectivity index (χ2n) is 1.29. The third kappa shape index (κ3) is 2.29. The zero-order chi connectivity index (χ0) is 5.11. The van der Waals surface area contributed by atoms with E-state index in [1.165, 1.54) is 0 Å². The molecule has 0 aliphatic carbocycles. The van der Waals surface area contributed by atoms with E-state index < -0.39 is 0 Å². The van der Waals surface area contributed by atoms with E-state index in [-0.39, 0.29) is 36.2 Å². The number of thiophene rings is 1. The van der Waals surface area contributed by atoms with Gasteiger partial charge in [0.1, 0.15) is 0 Å². The van der Waals surface area contributed by atoms with E-state index in [1.54, 1.807) is 11.3 Å². The van der Waals surface area contributed by atoms with E-state index in [0.717, 1.165) is 5.56 Å². The Hall–Kier alpha value is 0.660. The van der Waals surface area contributed by atoms with Gasteiger partial charge in [0, 0.05) is 0 Å². The molecule has 0 radical (unpaired) electrons. The predicted octanol–water partition coefficient (Wildman–Crippen LogP) is 0.592. The van der Waals surface area contributed by atoms with Gasteiger partial charge < -0.3 is 5.11 Å². The van der Waals surface area contributed by atoms with Gasteiger partial charge in [0.15, 0.2) is 0 Å². The number of aliphatic hydroxyl groups excluding tert-OH is 1. The quantitative estimate of drug-likeness (QED) is 0.563. The molecule has 0 unspecified atom stereocenters. The van der Waals surface area contributed by atoms with Crippen LogP contribution < -0.4 is 0 Å². The molecule has 0 saturated carbocycles. The molecule has 3 heteroatoms. The molecular weight excluding hydrogens is 131 g/mol. The Balaban J connectivity index is 0.000000490. The van der Waals surface area contributed by atoms with Crippen LogP contribution >= 0.6 is 11.3 Å². The molecule has 40 valence electrons. The van der Waals surface area contributed by atoms with Crippen molar-refractivity contribution < 1.29 is 5.11 Å². The Morgan fingerprint density at radius 1 is 1.62 bits per heavy atom. The van der Waals surface area contributed by atoms with E-state index in [4.69, 9.17) is 5.11 Å². The normalized spacial score (nSPS) is 8.12. The third-order valence-electron chi connectivity index (χ3n) is 0.763. The van der Waals surface area contributed by atoms with Gasteiger partial charge in [-0.05, 0) is 22.4 Å². The van der Waals surface area contributed by atoms with Crippen molar-refractivity contribution in [2.45, 2.75) is 6.61 Å². The maximum atomic E-state index is 8.43. The number of hydrogen-bond acceptors (Lipinski definition) is 2. The summed E-state index contributed by atoms with van der Waals surface area (Å²) in [7, 11) is 0. The summed E-state index contributed by atoms with van der Waals surface area (Å²) in [6, 6.07) is 1.91. The Bertz CT molecular complexity index is 127. The molecule has 0 amide bonds. The molecule has 0 saturated heterocycles. The predicted molar refractivity (Wildman–Crippen MR) is 37.4 cm³/mol. The first kappa shape index (κ1) is 8.66. The van der Waals surface area contributed by atoms with Crippen LogP contribution in [-0.4, -0.2) is 34.7 Å². The van der Waals surface area contributed by atoms with Gasteiger partial charge in [-0.25, -0.2) is 0 Å². The Labute approximate surface area is 74.6 Å². The fraction of sp³-hybridized carbons (Fsp3) is 0.200. The summed E-state index contributed by atoms with van der Waals surface area (Å²) >= 11 is 1.60. The van der Waals surface area contributed by atoms with Crippen LogP contribution in [0.3, 0.4) is 0 Å². The van der Waals surface area contributed by atoms with Crippen molar-refractivity contribution in [1.82, 2.24) is 0 Å². The molecule has 0 bridgehead atoms. The summed E-state index contributed by atoms with van der Waals surface area (Å²) < 4.78 is 0. The Kier molecular flexibility index (Phi) is 4.90. The molecule has 0 spiro atoms. The van der Waals surface area contributed by atoms with Crippen molar-refractivity contribution >= 4 is 40.9 Å².